The fourth-order valence-corrected chi connectivity index (χ4v) is 4.00. The van der Waals surface area contributed by atoms with Crippen LogP contribution in [0.4, 0.5) is 0 Å². The minimum atomic E-state index is -3.40. The summed E-state index contributed by atoms with van der Waals surface area (Å²) in [6.07, 6.45) is 0. The van der Waals surface area contributed by atoms with Crippen LogP contribution >= 0.6 is 28.3 Å². The maximum Gasteiger partial charge on any atom is 0.243 e. The van der Waals surface area contributed by atoms with E-state index in [4.69, 9.17) is 4.74 Å². The van der Waals surface area contributed by atoms with Crippen LogP contribution in [0.3, 0.4) is 0 Å². The van der Waals surface area contributed by atoms with E-state index >= 15 is 0 Å². The molecule has 0 unspecified atom stereocenters. The van der Waals surface area contributed by atoms with E-state index in [-0.39, 0.29) is 17.3 Å². The van der Waals surface area contributed by atoms with Crippen molar-refractivity contribution in [3.05, 3.63) is 22.7 Å². The summed E-state index contributed by atoms with van der Waals surface area (Å²) in [6.45, 7) is 2.39. The first-order chi connectivity index (χ1) is 8.55. The summed E-state index contributed by atoms with van der Waals surface area (Å²) >= 11 is 3.30. The number of hydrogen-bond donors (Lipinski definition) is 1. The Morgan fingerprint density at radius 1 is 1.32 bits per heavy atom. The third-order valence-electron chi connectivity index (χ3n) is 2.84. The van der Waals surface area contributed by atoms with Gasteiger partial charge in [-0.25, -0.2) is 8.42 Å². The van der Waals surface area contributed by atoms with E-state index in [2.05, 4.69) is 21.2 Å². The van der Waals surface area contributed by atoms with Gasteiger partial charge in [-0.15, -0.1) is 12.4 Å². The van der Waals surface area contributed by atoms with Crippen molar-refractivity contribution >= 4 is 38.4 Å². The number of rotatable bonds is 3. The van der Waals surface area contributed by atoms with Crippen LogP contribution in [-0.2, 0) is 10.0 Å². The highest BCUT2D eigenvalue weighted by molar-refractivity contribution is 9.10. The molecule has 0 saturated carbocycles. The molecule has 0 atom stereocenters. The van der Waals surface area contributed by atoms with Gasteiger partial charge in [0.1, 0.15) is 5.75 Å². The molecular weight excluding hydrogens is 356 g/mol. The first-order valence-electron chi connectivity index (χ1n) is 5.60. The van der Waals surface area contributed by atoms with Gasteiger partial charge in [0, 0.05) is 26.2 Å². The molecule has 8 heteroatoms. The van der Waals surface area contributed by atoms with E-state index in [0.717, 1.165) is 0 Å². The lowest BCUT2D eigenvalue weighted by atomic mass is 10.3. The summed E-state index contributed by atoms with van der Waals surface area (Å²) in [6, 6.07) is 4.80. The summed E-state index contributed by atoms with van der Waals surface area (Å²) in [5.74, 6) is 0.620. The highest BCUT2D eigenvalue weighted by Gasteiger charge is 2.26. The maximum absolute atomic E-state index is 12.4. The summed E-state index contributed by atoms with van der Waals surface area (Å²) < 4.78 is 32.0. The molecule has 0 aromatic heterocycles. The Bertz CT molecular complexity index is 533. The molecule has 108 valence electrons. The summed E-state index contributed by atoms with van der Waals surface area (Å²) in [5.41, 5.74) is 0. The van der Waals surface area contributed by atoms with Crippen LogP contribution < -0.4 is 10.1 Å². The third kappa shape index (κ3) is 3.61. The van der Waals surface area contributed by atoms with Gasteiger partial charge in [0.2, 0.25) is 10.0 Å². The third-order valence-corrected chi connectivity index (χ3v) is 5.35. The Kier molecular flexibility index (Phi) is 6.07. The molecule has 0 radical (unpaired) electrons. The first kappa shape index (κ1) is 16.7. The molecule has 1 aromatic carbocycles. The molecule has 0 aliphatic carbocycles. The largest absolute Gasteiger partial charge is 0.496 e. The average Bonchev–Trinajstić information content (AvgIpc) is 2.39. The van der Waals surface area contributed by atoms with Crippen molar-refractivity contribution in [1.82, 2.24) is 9.62 Å². The van der Waals surface area contributed by atoms with Gasteiger partial charge in [0.05, 0.1) is 16.5 Å². The van der Waals surface area contributed by atoms with E-state index in [1.807, 2.05) is 0 Å². The number of benzene rings is 1. The maximum atomic E-state index is 12.4. The van der Waals surface area contributed by atoms with E-state index in [9.17, 15) is 8.42 Å². The summed E-state index contributed by atoms with van der Waals surface area (Å²) in [4.78, 5) is 0.289. The Labute approximate surface area is 127 Å². The van der Waals surface area contributed by atoms with Crippen LogP contribution in [0.15, 0.2) is 27.6 Å². The zero-order chi connectivity index (χ0) is 13.2. The fourth-order valence-electron chi connectivity index (χ4n) is 1.84. The van der Waals surface area contributed by atoms with Crippen LogP contribution in [0.2, 0.25) is 0 Å². The number of hydrogen-bond acceptors (Lipinski definition) is 4. The predicted molar refractivity (Wildman–Crippen MR) is 79.6 cm³/mol. The second-order valence-corrected chi connectivity index (χ2v) is 6.74. The predicted octanol–water partition coefficient (Wildman–Crippen LogP) is 1.47. The monoisotopic (exact) mass is 370 g/mol. The van der Waals surface area contributed by atoms with Gasteiger partial charge in [-0.2, -0.15) is 4.31 Å². The van der Waals surface area contributed by atoms with Crippen LogP contribution in [0.5, 0.6) is 5.75 Å². The number of methoxy groups -OCH3 is 1. The van der Waals surface area contributed by atoms with Gasteiger partial charge in [0.15, 0.2) is 0 Å². The SMILES string of the molecule is COc1ccc(S(=O)(=O)N2CCNCC2)cc1Br.Cl. The zero-order valence-corrected chi connectivity index (χ0v) is 13.6. The van der Waals surface area contributed by atoms with Crippen molar-refractivity contribution in [3.63, 3.8) is 0 Å². The number of nitrogens with one attached hydrogen (secondary N) is 1. The molecular formula is C11H16BrClN2O3S. The minimum Gasteiger partial charge on any atom is -0.496 e. The van der Waals surface area contributed by atoms with Gasteiger partial charge in [-0.3, -0.25) is 0 Å². The van der Waals surface area contributed by atoms with Gasteiger partial charge in [-0.1, -0.05) is 0 Å². The van der Waals surface area contributed by atoms with Crippen LogP contribution in [0.1, 0.15) is 0 Å². The number of nitrogens with zero attached hydrogens (tertiary/aromatic N) is 1. The lowest BCUT2D eigenvalue weighted by molar-refractivity contribution is 0.360. The number of sulfonamides is 1. The fraction of sp³-hybridized carbons (Fsp3) is 0.455. The van der Waals surface area contributed by atoms with Crippen molar-refractivity contribution in [3.8, 4) is 5.75 Å². The molecule has 1 aliphatic heterocycles. The molecule has 0 amide bonds. The highest BCUT2D eigenvalue weighted by Crippen LogP contribution is 2.28. The number of ether oxygens (including phenoxy) is 1. The van der Waals surface area contributed by atoms with Gasteiger partial charge >= 0.3 is 0 Å². The highest BCUT2D eigenvalue weighted by atomic mass is 79.9. The normalized spacial score (nSPS) is 16.7. The molecule has 1 N–H and O–H groups in total. The molecule has 1 aromatic rings. The number of halogens is 2. The van der Waals surface area contributed by atoms with Crippen LogP contribution in [0.25, 0.3) is 0 Å². The Morgan fingerprint density at radius 2 is 1.95 bits per heavy atom. The summed E-state index contributed by atoms with van der Waals surface area (Å²) in [7, 11) is -1.86. The van der Waals surface area contributed by atoms with Gasteiger partial charge in [0.25, 0.3) is 0 Å². The van der Waals surface area contributed by atoms with Gasteiger partial charge < -0.3 is 10.1 Å². The molecule has 0 bridgehead atoms. The molecule has 2 rings (SSSR count). The van der Waals surface area contributed by atoms with Crippen molar-refractivity contribution < 1.29 is 13.2 Å². The van der Waals surface area contributed by atoms with Crippen molar-refractivity contribution in [2.24, 2.45) is 0 Å². The first-order valence-corrected chi connectivity index (χ1v) is 7.83. The molecule has 1 heterocycles. The number of piperazine rings is 1. The van der Waals surface area contributed by atoms with E-state index in [1.54, 1.807) is 25.3 Å². The standard InChI is InChI=1S/C11H15BrN2O3S.ClH/c1-17-11-3-2-9(8-10(11)12)18(15,16)14-6-4-13-5-7-14;/h2-3,8,13H,4-7H2,1H3;1H. The Hall–Kier alpha value is -0.340. The Morgan fingerprint density at radius 3 is 2.47 bits per heavy atom. The molecule has 1 aliphatic rings. The second-order valence-electron chi connectivity index (χ2n) is 3.95. The molecule has 1 saturated heterocycles. The van der Waals surface area contributed by atoms with E-state index < -0.39 is 10.0 Å². The van der Waals surface area contributed by atoms with Crippen LogP contribution in [-0.4, -0.2) is 46.0 Å². The quantitative estimate of drug-likeness (QED) is 0.874. The molecule has 5 nitrogen and oxygen atoms in total. The topological polar surface area (TPSA) is 58.6 Å². The lowest BCUT2D eigenvalue weighted by Gasteiger charge is -2.26. The zero-order valence-electron chi connectivity index (χ0n) is 10.4. The van der Waals surface area contributed by atoms with Gasteiger partial charge in [-0.05, 0) is 34.1 Å². The van der Waals surface area contributed by atoms with E-state index in [0.29, 0.717) is 36.4 Å². The molecule has 19 heavy (non-hydrogen) atoms. The summed E-state index contributed by atoms with van der Waals surface area (Å²) in [5, 5.41) is 3.13. The molecule has 1 fully saturated rings. The van der Waals surface area contributed by atoms with Crippen LogP contribution in [0, 0.1) is 0 Å². The molecule has 0 spiro atoms. The van der Waals surface area contributed by atoms with E-state index in [1.165, 1.54) is 4.31 Å². The second kappa shape index (κ2) is 6.90. The smallest absolute Gasteiger partial charge is 0.243 e. The Balaban J connectivity index is 0.00000180. The van der Waals surface area contributed by atoms with Crippen molar-refractivity contribution in [2.45, 2.75) is 4.90 Å². The minimum absolute atomic E-state index is 0. The van der Waals surface area contributed by atoms with Crippen molar-refractivity contribution in [2.75, 3.05) is 33.3 Å². The lowest BCUT2D eigenvalue weighted by Crippen LogP contribution is -2.46. The van der Waals surface area contributed by atoms with Crippen molar-refractivity contribution in [1.29, 1.82) is 0 Å². The average molecular weight is 372 g/mol.